The molecule has 0 aliphatic heterocycles. The minimum atomic E-state index is -0.112. The lowest BCUT2D eigenvalue weighted by Gasteiger charge is -2.10. The first kappa shape index (κ1) is 19.1. The number of amides is 1. The molecule has 4 aromatic rings. The van der Waals surface area contributed by atoms with Crippen LogP contribution in [0.15, 0.2) is 76.0 Å². The van der Waals surface area contributed by atoms with Crippen LogP contribution in [0.4, 0.5) is 5.69 Å². The number of oxazole rings is 1. The number of benzene rings is 2. The number of carbonyl (C=O) groups excluding carboxylic acids is 1. The number of para-hydroxylation sites is 2. The molecular weight excluding hydrogens is 432 g/mol. The Morgan fingerprint density at radius 2 is 1.93 bits per heavy atom. The Bertz CT molecular complexity index is 1130. The summed E-state index contributed by atoms with van der Waals surface area (Å²) in [4.78, 5) is 16.8. The number of rotatable bonds is 6. The van der Waals surface area contributed by atoms with Crippen molar-refractivity contribution in [3.05, 3.63) is 83.0 Å². The molecule has 0 fully saturated rings. The first-order chi connectivity index (χ1) is 14.1. The number of halogens is 1. The second kappa shape index (κ2) is 8.45. The molecule has 0 bridgehead atoms. The van der Waals surface area contributed by atoms with Crippen molar-refractivity contribution >= 4 is 27.5 Å². The normalized spacial score (nSPS) is 10.8. The van der Waals surface area contributed by atoms with Crippen molar-refractivity contribution in [3.8, 4) is 17.0 Å². The minimum absolute atomic E-state index is 0.112. The lowest BCUT2D eigenvalue weighted by Crippen LogP contribution is -2.14. The van der Waals surface area contributed by atoms with E-state index in [1.54, 1.807) is 17.1 Å². The van der Waals surface area contributed by atoms with Gasteiger partial charge in [0.2, 0.25) is 5.91 Å². The van der Waals surface area contributed by atoms with Gasteiger partial charge in [-0.1, -0.05) is 42.0 Å². The van der Waals surface area contributed by atoms with Crippen LogP contribution in [0.3, 0.4) is 0 Å². The molecule has 1 N–H and O–H groups in total. The molecule has 0 saturated heterocycles. The van der Waals surface area contributed by atoms with Crippen LogP contribution in [0.2, 0.25) is 0 Å². The van der Waals surface area contributed by atoms with Gasteiger partial charge in [0, 0.05) is 24.6 Å². The zero-order chi connectivity index (χ0) is 20.2. The molecule has 2 aromatic carbocycles. The van der Waals surface area contributed by atoms with E-state index in [4.69, 9.17) is 4.42 Å². The van der Waals surface area contributed by atoms with Crippen LogP contribution in [0.1, 0.15) is 17.9 Å². The summed E-state index contributed by atoms with van der Waals surface area (Å²) in [5.41, 5.74) is 3.65. The molecule has 0 radical (unpaired) electrons. The molecule has 7 heteroatoms. The van der Waals surface area contributed by atoms with Gasteiger partial charge in [-0.15, -0.1) is 0 Å². The summed E-state index contributed by atoms with van der Waals surface area (Å²) in [6.07, 6.45) is 5.93. The van der Waals surface area contributed by atoms with E-state index in [9.17, 15) is 4.79 Å². The molecule has 2 heterocycles. The molecule has 2 aromatic heterocycles. The maximum atomic E-state index is 12.5. The smallest absolute Gasteiger partial charge is 0.224 e. The molecule has 0 atom stereocenters. The van der Waals surface area contributed by atoms with Crippen LogP contribution >= 0.6 is 15.9 Å². The summed E-state index contributed by atoms with van der Waals surface area (Å²) in [7, 11) is 0. The molecule has 29 heavy (non-hydrogen) atoms. The fraction of sp³-hybridized carbons (Fsp3) is 0.136. The SMILES string of the molecule is Cc1ccc(-c2cnc(CCC(=O)Nc3ccccc3-n3cc(Br)cn3)o2)cc1. The molecule has 6 nitrogen and oxygen atoms in total. The van der Waals surface area contributed by atoms with Gasteiger partial charge in [0.1, 0.15) is 0 Å². The fourth-order valence-electron chi connectivity index (χ4n) is 2.92. The number of nitrogens with one attached hydrogen (secondary N) is 1. The maximum Gasteiger partial charge on any atom is 0.224 e. The third-order valence-electron chi connectivity index (χ3n) is 4.43. The average molecular weight is 451 g/mol. The van der Waals surface area contributed by atoms with Gasteiger partial charge in [0.15, 0.2) is 11.7 Å². The van der Waals surface area contributed by atoms with Crippen LogP contribution in [-0.2, 0) is 11.2 Å². The van der Waals surface area contributed by atoms with Gasteiger partial charge in [-0.25, -0.2) is 9.67 Å². The quantitative estimate of drug-likeness (QED) is 0.439. The Morgan fingerprint density at radius 3 is 2.69 bits per heavy atom. The number of anilines is 1. The summed E-state index contributed by atoms with van der Waals surface area (Å²) in [5.74, 6) is 1.13. The largest absolute Gasteiger partial charge is 0.441 e. The van der Waals surface area contributed by atoms with Gasteiger partial charge in [-0.3, -0.25) is 4.79 Å². The van der Waals surface area contributed by atoms with Gasteiger partial charge in [-0.05, 0) is 35.0 Å². The van der Waals surface area contributed by atoms with Crippen LogP contribution in [0.25, 0.3) is 17.0 Å². The van der Waals surface area contributed by atoms with Crippen molar-refractivity contribution in [2.24, 2.45) is 0 Å². The average Bonchev–Trinajstić information content (AvgIpc) is 3.37. The van der Waals surface area contributed by atoms with E-state index in [0.717, 1.165) is 15.7 Å². The van der Waals surface area contributed by atoms with Crippen LogP contribution in [0.5, 0.6) is 0 Å². The van der Waals surface area contributed by atoms with Crippen LogP contribution in [0, 0.1) is 6.92 Å². The molecular formula is C22H19BrN4O2. The highest BCUT2D eigenvalue weighted by Gasteiger charge is 2.12. The summed E-state index contributed by atoms with van der Waals surface area (Å²) >= 11 is 3.39. The topological polar surface area (TPSA) is 73.0 Å². The highest BCUT2D eigenvalue weighted by Crippen LogP contribution is 2.23. The summed E-state index contributed by atoms with van der Waals surface area (Å²) < 4.78 is 8.37. The summed E-state index contributed by atoms with van der Waals surface area (Å²) in [6, 6.07) is 15.6. The predicted molar refractivity (Wildman–Crippen MR) is 115 cm³/mol. The van der Waals surface area contributed by atoms with Gasteiger partial charge >= 0.3 is 0 Å². The number of carbonyl (C=O) groups is 1. The monoisotopic (exact) mass is 450 g/mol. The van der Waals surface area contributed by atoms with Crippen LogP contribution < -0.4 is 5.32 Å². The second-order valence-electron chi connectivity index (χ2n) is 6.65. The third kappa shape index (κ3) is 4.63. The molecule has 0 aliphatic rings. The number of nitrogens with zero attached hydrogens (tertiary/aromatic N) is 3. The molecule has 146 valence electrons. The highest BCUT2D eigenvalue weighted by molar-refractivity contribution is 9.10. The second-order valence-corrected chi connectivity index (χ2v) is 7.57. The molecule has 4 rings (SSSR count). The first-order valence-electron chi connectivity index (χ1n) is 9.20. The van der Waals surface area contributed by atoms with Gasteiger partial charge in [-0.2, -0.15) is 5.10 Å². The Hall–Kier alpha value is -3.19. The lowest BCUT2D eigenvalue weighted by molar-refractivity contribution is -0.116. The van der Waals surface area contributed by atoms with E-state index in [2.05, 4.69) is 31.3 Å². The van der Waals surface area contributed by atoms with Gasteiger partial charge < -0.3 is 9.73 Å². The Balaban J connectivity index is 1.40. The molecule has 0 spiro atoms. The maximum absolute atomic E-state index is 12.5. The molecule has 0 aliphatic carbocycles. The Labute approximate surface area is 176 Å². The molecule has 0 saturated carbocycles. The van der Waals surface area contributed by atoms with E-state index in [0.29, 0.717) is 23.8 Å². The lowest BCUT2D eigenvalue weighted by atomic mass is 10.1. The number of hydrogen-bond donors (Lipinski definition) is 1. The van der Waals surface area contributed by atoms with Crippen LogP contribution in [-0.4, -0.2) is 20.7 Å². The standard InChI is InChI=1S/C22H19BrN4O2/c1-15-6-8-16(9-7-15)20-13-24-22(29-20)11-10-21(28)26-18-4-2-3-5-19(18)27-14-17(23)12-25-27/h2-9,12-14H,10-11H2,1H3,(H,26,28). The first-order valence-corrected chi connectivity index (χ1v) is 9.99. The summed E-state index contributed by atoms with van der Waals surface area (Å²) in [5, 5.41) is 7.23. The van der Waals surface area contributed by atoms with E-state index in [-0.39, 0.29) is 12.3 Å². The van der Waals surface area contributed by atoms with Crippen molar-refractivity contribution < 1.29 is 9.21 Å². The number of aryl methyl sites for hydroxylation is 2. The third-order valence-corrected chi connectivity index (χ3v) is 4.84. The van der Waals surface area contributed by atoms with Gasteiger partial charge in [0.05, 0.1) is 28.2 Å². The molecule has 1 amide bonds. The fourth-order valence-corrected chi connectivity index (χ4v) is 3.21. The van der Waals surface area contributed by atoms with Crippen molar-refractivity contribution in [1.82, 2.24) is 14.8 Å². The van der Waals surface area contributed by atoms with Gasteiger partial charge in [0.25, 0.3) is 0 Å². The van der Waals surface area contributed by atoms with Crippen molar-refractivity contribution in [2.75, 3.05) is 5.32 Å². The minimum Gasteiger partial charge on any atom is -0.441 e. The molecule has 0 unspecified atom stereocenters. The van der Waals surface area contributed by atoms with Crippen molar-refractivity contribution in [1.29, 1.82) is 0 Å². The van der Waals surface area contributed by atoms with E-state index >= 15 is 0 Å². The summed E-state index contributed by atoms with van der Waals surface area (Å²) in [6.45, 7) is 2.04. The highest BCUT2D eigenvalue weighted by atomic mass is 79.9. The zero-order valence-corrected chi connectivity index (χ0v) is 17.4. The zero-order valence-electron chi connectivity index (χ0n) is 15.8. The van der Waals surface area contributed by atoms with E-state index in [1.165, 1.54) is 5.56 Å². The van der Waals surface area contributed by atoms with Crippen molar-refractivity contribution in [2.45, 2.75) is 19.8 Å². The van der Waals surface area contributed by atoms with E-state index in [1.807, 2.05) is 61.7 Å². The van der Waals surface area contributed by atoms with E-state index < -0.39 is 0 Å². The number of aromatic nitrogens is 3. The van der Waals surface area contributed by atoms with Crippen molar-refractivity contribution in [3.63, 3.8) is 0 Å². The Kier molecular flexibility index (Phi) is 5.57. The number of hydrogen-bond acceptors (Lipinski definition) is 4. The predicted octanol–water partition coefficient (Wildman–Crippen LogP) is 5.17. The Morgan fingerprint density at radius 1 is 1.14 bits per heavy atom.